The zero-order valence-corrected chi connectivity index (χ0v) is 17.2. The summed E-state index contributed by atoms with van der Waals surface area (Å²) in [7, 11) is 1.76. The lowest BCUT2D eigenvalue weighted by atomic mass is 9.97. The number of carbonyl (C=O) groups excluding carboxylic acids is 2. The van der Waals surface area contributed by atoms with Gasteiger partial charge in [0.15, 0.2) is 5.82 Å². The van der Waals surface area contributed by atoms with Gasteiger partial charge in [-0.25, -0.2) is 4.79 Å². The first kappa shape index (κ1) is 21.2. The summed E-state index contributed by atoms with van der Waals surface area (Å²) >= 11 is 0. The van der Waals surface area contributed by atoms with Crippen molar-refractivity contribution in [2.24, 2.45) is 11.8 Å². The normalized spacial score (nSPS) is 17.4. The van der Waals surface area contributed by atoms with Crippen molar-refractivity contribution in [2.75, 3.05) is 33.2 Å². The molecule has 0 spiro atoms. The highest BCUT2D eigenvalue weighted by Gasteiger charge is 2.25. The van der Waals surface area contributed by atoms with Crippen molar-refractivity contribution in [3.63, 3.8) is 0 Å². The van der Waals surface area contributed by atoms with Crippen LogP contribution in [0.4, 0.5) is 4.79 Å². The van der Waals surface area contributed by atoms with E-state index in [-0.39, 0.29) is 23.8 Å². The van der Waals surface area contributed by atoms with Gasteiger partial charge in [0.25, 0.3) is 0 Å². The number of hydrogen-bond acceptors (Lipinski definition) is 5. The van der Waals surface area contributed by atoms with Crippen molar-refractivity contribution in [1.29, 1.82) is 0 Å². The van der Waals surface area contributed by atoms with Crippen LogP contribution in [0.15, 0.2) is 4.52 Å². The smallest absolute Gasteiger partial charge is 0.317 e. The van der Waals surface area contributed by atoms with E-state index in [1.54, 1.807) is 11.9 Å². The molecule has 2 rings (SSSR count). The molecular formula is C19H33N5O3. The number of hydrogen-bond donors (Lipinski definition) is 1. The van der Waals surface area contributed by atoms with Gasteiger partial charge in [0, 0.05) is 51.5 Å². The quantitative estimate of drug-likeness (QED) is 0.785. The van der Waals surface area contributed by atoms with E-state index in [1.165, 1.54) is 0 Å². The minimum Gasteiger partial charge on any atom is -0.342 e. The number of likely N-dealkylation sites (N-methyl/N-ethyl adjacent to an activating group) is 1. The van der Waals surface area contributed by atoms with Crippen LogP contribution in [0.3, 0.4) is 0 Å². The number of likely N-dealkylation sites (tertiary alicyclic amines) is 1. The Balaban J connectivity index is 1.73. The fourth-order valence-electron chi connectivity index (χ4n) is 3.14. The van der Waals surface area contributed by atoms with Crippen molar-refractivity contribution in [1.82, 2.24) is 25.3 Å². The number of rotatable bonds is 7. The molecule has 1 fully saturated rings. The zero-order chi connectivity index (χ0) is 20.0. The Labute approximate surface area is 161 Å². The molecule has 3 amide bonds. The van der Waals surface area contributed by atoms with E-state index < -0.39 is 0 Å². The van der Waals surface area contributed by atoms with Crippen LogP contribution in [-0.2, 0) is 11.2 Å². The van der Waals surface area contributed by atoms with E-state index in [4.69, 9.17) is 4.52 Å². The summed E-state index contributed by atoms with van der Waals surface area (Å²) in [5.41, 5.74) is 0. The van der Waals surface area contributed by atoms with Gasteiger partial charge in [-0.15, -0.1) is 0 Å². The van der Waals surface area contributed by atoms with E-state index in [9.17, 15) is 9.59 Å². The van der Waals surface area contributed by atoms with Crippen molar-refractivity contribution < 1.29 is 14.1 Å². The standard InChI is InChI=1S/C19H33N5O3/c1-13(2)17-21-16(22-27-17)8-10-23(5)19(26)20-11-15-7-6-9-24(12-15)18(25)14(3)4/h13-15H,6-12H2,1-5H3,(H,20,26)/t15-/m1/s1. The molecule has 2 heterocycles. The minimum absolute atomic E-state index is 0.0193. The molecule has 8 heteroatoms. The summed E-state index contributed by atoms with van der Waals surface area (Å²) in [6, 6.07) is -0.116. The Morgan fingerprint density at radius 2 is 2.07 bits per heavy atom. The molecule has 1 aliphatic heterocycles. The number of urea groups is 1. The van der Waals surface area contributed by atoms with Gasteiger partial charge in [-0.1, -0.05) is 32.9 Å². The van der Waals surface area contributed by atoms with Crippen LogP contribution in [0, 0.1) is 11.8 Å². The molecule has 0 aliphatic carbocycles. The summed E-state index contributed by atoms with van der Waals surface area (Å²) in [4.78, 5) is 32.4. The van der Waals surface area contributed by atoms with Gasteiger partial charge in [0.05, 0.1) is 0 Å². The van der Waals surface area contributed by atoms with Gasteiger partial charge >= 0.3 is 6.03 Å². The van der Waals surface area contributed by atoms with Crippen LogP contribution in [0.2, 0.25) is 0 Å². The maximum absolute atomic E-state index is 12.3. The average molecular weight is 380 g/mol. The van der Waals surface area contributed by atoms with Gasteiger partial charge in [-0.2, -0.15) is 4.98 Å². The maximum atomic E-state index is 12.3. The van der Waals surface area contributed by atoms with E-state index in [2.05, 4.69) is 15.5 Å². The number of aromatic nitrogens is 2. The molecule has 0 bridgehead atoms. The zero-order valence-electron chi connectivity index (χ0n) is 17.2. The molecule has 1 N–H and O–H groups in total. The molecule has 8 nitrogen and oxygen atoms in total. The number of amides is 3. The predicted octanol–water partition coefficient (Wildman–Crippen LogP) is 2.27. The molecule has 27 heavy (non-hydrogen) atoms. The minimum atomic E-state index is -0.116. The lowest BCUT2D eigenvalue weighted by molar-refractivity contribution is -0.136. The largest absolute Gasteiger partial charge is 0.342 e. The molecule has 1 atom stereocenters. The highest BCUT2D eigenvalue weighted by Crippen LogP contribution is 2.18. The van der Waals surface area contributed by atoms with Crippen LogP contribution in [0.25, 0.3) is 0 Å². The Morgan fingerprint density at radius 3 is 2.70 bits per heavy atom. The van der Waals surface area contributed by atoms with E-state index in [1.807, 2.05) is 32.6 Å². The predicted molar refractivity (Wildman–Crippen MR) is 102 cm³/mol. The van der Waals surface area contributed by atoms with Crippen molar-refractivity contribution in [2.45, 2.75) is 52.9 Å². The summed E-state index contributed by atoms with van der Waals surface area (Å²) in [5.74, 6) is 1.97. The van der Waals surface area contributed by atoms with Crippen LogP contribution in [-0.4, -0.2) is 65.1 Å². The van der Waals surface area contributed by atoms with Crippen LogP contribution in [0.1, 0.15) is 58.2 Å². The monoisotopic (exact) mass is 379 g/mol. The molecule has 0 saturated carbocycles. The number of piperidine rings is 1. The van der Waals surface area contributed by atoms with Gasteiger partial charge in [-0.05, 0) is 18.8 Å². The number of nitrogens with one attached hydrogen (secondary N) is 1. The average Bonchev–Trinajstić information content (AvgIpc) is 3.13. The maximum Gasteiger partial charge on any atom is 0.317 e. The second kappa shape index (κ2) is 9.71. The molecule has 0 aromatic carbocycles. The van der Waals surface area contributed by atoms with E-state index in [0.717, 1.165) is 25.9 Å². The van der Waals surface area contributed by atoms with Crippen molar-refractivity contribution in [3.05, 3.63) is 11.7 Å². The fourth-order valence-corrected chi connectivity index (χ4v) is 3.14. The van der Waals surface area contributed by atoms with Crippen LogP contribution >= 0.6 is 0 Å². The summed E-state index contributed by atoms with van der Waals surface area (Å²) in [6.07, 6.45) is 2.58. The number of nitrogens with zero attached hydrogens (tertiary/aromatic N) is 4. The lowest BCUT2D eigenvalue weighted by Crippen LogP contribution is -2.47. The first-order valence-electron chi connectivity index (χ1n) is 9.88. The molecule has 1 aromatic heterocycles. The molecule has 0 radical (unpaired) electrons. The van der Waals surface area contributed by atoms with Gasteiger partial charge < -0.3 is 19.6 Å². The lowest BCUT2D eigenvalue weighted by Gasteiger charge is -2.34. The first-order chi connectivity index (χ1) is 12.8. The molecule has 0 unspecified atom stereocenters. The molecular weight excluding hydrogens is 346 g/mol. The van der Waals surface area contributed by atoms with E-state index >= 15 is 0 Å². The Hall–Kier alpha value is -2.12. The van der Waals surface area contributed by atoms with Gasteiger partial charge in [0.1, 0.15) is 0 Å². The van der Waals surface area contributed by atoms with Gasteiger partial charge in [0.2, 0.25) is 11.8 Å². The molecule has 1 saturated heterocycles. The highest BCUT2D eigenvalue weighted by atomic mass is 16.5. The SMILES string of the molecule is CC(C)C(=O)N1CCC[C@H](CNC(=O)N(C)CCc2noc(C(C)C)n2)C1. The van der Waals surface area contributed by atoms with Crippen LogP contribution in [0.5, 0.6) is 0 Å². The molecule has 1 aliphatic rings. The topological polar surface area (TPSA) is 91.6 Å². The number of carbonyl (C=O) groups is 2. The van der Waals surface area contributed by atoms with Crippen molar-refractivity contribution >= 4 is 11.9 Å². The summed E-state index contributed by atoms with van der Waals surface area (Å²) in [6.45, 7) is 10.5. The first-order valence-corrected chi connectivity index (χ1v) is 9.88. The third-order valence-electron chi connectivity index (χ3n) is 4.86. The summed E-state index contributed by atoms with van der Waals surface area (Å²) < 4.78 is 5.18. The second-order valence-corrected chi connectivity index (χ2v) is 8.01. The van der Waals surface area contributed by atoms with Crippen molar-refractivity contribution in [3.8, 4) is 0 Å². The fraction of sp³-hybridized carbons (Fsp3) is 0.789. The third kappa shape index (κ3) is 6.22. The third-order valence-corrected chi connectivity index (χ3v) is 4.86. The Bertz CT molecular complexity index is 629. The second-order valence-electron chi connectivity index (χ2n) is 8.01. The van der Waals surface area contributed by atoms with E-state index in [0.29, 0.717) is 37.1 Å². The highest BCUT2D eigenvalue weighted by molar-refractivity contribution is 5.78. The van der Waals surface area contributed by atoms with Gasteiger partial charge in [-0.3, -0.25) is 4.79 Å². The summed E-state index contributed by atoms with van der Waals surface area (Å²) in [5, 5.41) is 6.93. The Kier molecular flexibility index (Phi) is 7.62. The van der Waals surface area contributed by atoms with Crippen LogP contribution < -0.4 is 5.32 Å². The molecule has 152 valence electrons. The molecule has 1 aromatic rings. The Morgan fingerprint density at radius 1 is 1.33 bits per heavy atom.